The third-order valence-electron chi connectivity index (χ3n) is 1.95. The van der Waals surface area contributed by atoms with Gasteiger partial charge in [-0.1, -0.05) is 17.7 Å². The smallest absolute Gasteiger partial charge is 0.132 e. The minimum atomic E-state index is 0.333. The SMILES string of the molecule is O=Nc1ccnc(Nc2cccc(Cl)c2)c1. The molecule has 1 N–H and O–H groups in total. The summed E-state index contributed by atoms with van der Waals surface area (Å²) in [5, 5.41) is 6.49. The first-order chi connectivity index (χ1) is 7.78. The number of benzene rings is 1. The van der Waals surface area contributed by atoms with E-state index in [0.717, 1.165) is 5.69 Å². The number of rotatable bonds is 3. The molecular formula is C11H8ClN3O. The summed E-state index contributed by atoms with van der Waals surface area (Å²) < 4.78 is 0. The molecule has 1 aromatic carbocycles. The van der Waals surface area contributed by atoms with Crippen molar-refractivity contribution < 1.29 is 0 Å². The van der Waals surface area contributed by atoms with Crippen molar-refractivity contribution in [3.63, 3.8) is 0 Å². The van der Waals surface area contributed by atoms with E-state index in [1.54, 1.807) is 18.2 Å². The third kappa shape index (κ3) is 2.55. The molecule has 0 aliphatic rings. The maximum Gasteiger partial charge on any atom is 0.132 e. The summed E-state index contributed by atoms with van der Waals surface area (Å²) in [7, 11) is 0. The molecule has 1 aromatic heterocycles. The van der Waals surface area contributed by atoms with Gasteiger partial charge in [-0.2, -0.15) is 0 Å². The van der Waals surface area contributed by atoms with Crippen LogP contribution in [0.4, 0.5) is 17.2 Å². The van der Waals surface area contributed by atoms with E-state index in [0.29, 0.717) is 16.5 Å². The summed E-state index contributed by atoms with van der Waals surface area (Å²) >= 11 is 5.84. The van der Waals surface area contributed by atoms with Gasteiger partial charge in [0.05, 0.1) is 0 Å². The van der Waals surface area contributed by atoms with Crippen LogP contribution in [-0.4, -0.2) is 4.98 Å². The highest BCUT2D eigenvalue weighted by Crippen LogP contribution is 2.21. The minimum Gasteiger partial charge on any atom is -0.340 e. The Morgan fingerprint density at radius 3 is 2.88 bits per heavy atom. The molecule has 2 rings (SSSR count). The van der Waals surface area contributed by atoms with Gasteiger partial charge in [0, 0.05) is 23.0 Å². The first-order valence-corrected chi connectivity index (χ1v) is 4.98. The van der Waals surface area contributed by atoms with Crippen molar-refractivity contribution in [1.82, 2.24) is 4.98 Å². The van der Waals surface area contributed by atoms with Crippen molar-refractivity contribution in [3.8, 4) is 0 Å². The molecule has 0 aliphatic carbocycles. The lowest BCUT2D eigenvalue weighted by Gasteiger charge is -2.05. The van der Waals surface area contributed by atoms with Crippen LogP contribution in [0.25, 0.3) is 0 Å². The molecule has 0 aliphatic heterocycles. The first-order valence-electron chi connectivity index (χ1n) is 4.60. The van der Waals surface area contributed by atoms with Crippen LogP contribution in [0.2, 0.25) is 5.02 Å². The van der Waals surface area contributed by atoms with E-state index in [1.165, 1.54) is 12.3 Å². The second-order valence-corrected chi connectivity index (χ2v) is 3.56. The van der Waals surface area contributed by atoms with E-state index in [9.17, 15) is 4.91 Å². The maximum absolute atomic E-state index is 10.3. The average Bonchev–Trinajstić information content (AvgIpc) is 2.29. The van der Waals surface area contributed by atoms with Gasteiger partial charge in [0.1, 0.15) is 11.5 Å². The largest absolute Gasteiger partial charge is 0.340 e. The fourth-order valence-electron chi connectivity index (χ4n) is 1.26. The van der Waals surface area contributed by atoms with Crippen molar-refractivity contribution >= 4 is 28.8 Å². The van der Waals surface area contributed by atoms with Crippen molar-refractivity contribution in [2.45, 2.75) is 0 Å². The number of aromatic nitrogens is 1. The molecule has 2 aromatic rings. The Bertz CT molecular complexity index is 516. The van der Waals surface area contributed by atoms with Gasteiger partial charge in [-0.3, -0.25) is 0 Å². The lowest BCUT2D eigenvalue weighted by atomic mass is 10.3. The van der Waals surface area contributed by atoms with Gasteiger partial charge >= 0.3 is 0 Å². The number of halogens is 1. The van der Waals surface area contributed by atoms with Crippen molar-refractivity contribution in [3.05, 3.63) is 52.5 Å². The highest BCUT2D eigenvalue weighted by atomic mass is 35.5. The van der Waals surface area contributed by atoms with Crippen LogP contribution in [-0.2, 0) is 0 Å². The lowest BCUT2D eigenvalue weighted by molar-refractivity contribution is 1.29. The highest BCUT2D eigenvalue weighted by Gasteiger charge is 1.98. The van der Waals surface area contributed by atoms with Crippen LogP contribution in [0.15, 0.2) is 47.8 Å². The molecule has 0 amide bonds. The van der Waals surface area contributed by atoms with Crippen LogP contribution in [0.1, 0.15) is 0 Å². The zero-order chi connectivity index (χ0) is 11.4. The Morgan fingerprint density at radius 2 is 2.12 bits per heavy atom. The molecule has 0 spiro atoms. The van der Waals surface area contributed by atoms with E-state index < -0.39 is 0 Å². The summed E-state index contributed by atoms with van der Waals surface area (Å²) in [5.41, 5.74) is 1.14. The van der Waals surface area contributed by atoms with Crippen LogP contribution in [0.5, 0.6) is 0 Å². The van der Waals surface area contributed by atoms with Crippen LogP contribution < -0.4 is 5.32 Å². The van der Waals surface area contributed by atoms with Crippen molar-refractivity contribution in [2.24, 2.45) is 5.18 Å². The van der Waals surface area contributed by atoms with Gasteiger partial charge < -0.3 is 5.32 Å². The number of anilines is 2. The normalized spacial score (nSPS) is 9.81. The van der Waals surface area contributed by atoms with Crippen LogP contribution >= 0.6 is 11.6 Å². The fraction of sp³-hybridized carbons (Fsp3) is 0. The molecular weight excluding hydrogens is 226 g/mol. The average molecular weight is 234 g/mol. The predicted molar refractivity (Wildman–Crippen MR) is 64.4 cm³/mol. The van der Waals surface area contributed by atoms with E-state index in [2.05, 4.69) is 15.5 Å². The van der Waals surface area contributed by atoms with Gasteiger partial charge in [0.15, 0.2) is 0 Å². The number of pyridine rings is 1. The van der Waals surface area contributed by atoms with Crippen molar-refractivity contribution in [2.75, 3.05) is 5.32 Å². The maximum atomic E-state index is 10.3. The molecule has 1 heterocycles. The number of nitrogens with zero attached hydrogens (tertiary/aromatic N) is 2. The van der Waals surface area contributed by atoms with Crippen molar-refractivity contribution in [1.29, 1.82) is 0 Å². The van der Waals surface area contributed by atoms with Crippen LogP contribution in [0, 0.1) is 4.91 Å². The highest BCUT2D eigenvalue weighted by molar-refractivity contribution is 6.30. The topological polar surface area (TPSA) is 54.4 Å². The summed E-state index contributed by atoms with van der Waals surface area (Å²) in [6.07, 6.45) is 1.52. The quantitative estimate of drug-likeness (QED) is 0.819. The number of hydrogen-bond acceptors (Lipinski definition) is 4. The summed E-state index contributed by atoms with van der Waals surface area (Å²) in [6, 6.07) is 10.3. The molecule has 0 fully saturated rings. The van der Waals surface area contributed by atoms with Gasteiger partial charge in [0.2, 0.25) is 0 Å². The Kier molecular flexibility index (Phi) is 3.12. The van der Waals surface area contributed by atoms with Gasteiger partial charge in [0.25, 0.3) is 0 Å². The molecule has 5 heteroatoms. The summed E-state index contributed by atoms with van der Waals surface area (Å²) in [6.45, 7) is 0. The second kappa shape index (κ2) is 4.72. The summed E-state index contributed by atoms with van der Waals surface area (Å²) in [5.74, 6) is 0.555. The third-order valence-corrected chi connectivity index (χ3v) is 2.18. The van der Waals surface area contributed by atoms with Crippen LogP contribution in [0.3, 0.4) is 0 Å². The Hall–Kier alpha value is -1.94. The minimum absolute atomic E-state index is 0.333. The Labute approximate surface area is 97.3 Å². The lowest BCUT2D eigenvalue weighted by Crippen LogP contribution is -1.92. The van der Waals surface area contributed by atoms with Gasteiger partial charge in [-0.05, 0) is 29.4 Å². The van der Waals surface area contributed by atoms with E-state index in [-0.39, 0.29) is 0 Å². The molecule has 0 bridgehead atoms. The number of hydrogen-bond donors (Lipinski definition) is 1. The molecule has 0 radical (unpaired) electrons. The number of nitroso groups, excluding NO2 is 1. The standard InChI is InChI=1S/C11H8ClN3O/c12-8-2-1-3-9(6-8)14-11-7-10(15-16)4-5-13-11/h1-7H,(H,13,14). The zero-order valence-corrected chi connectivity index (χ0v) is 8.98. The number of nitrogens with one attached hydrogen (secondary N) is 1. The molecule has 0 saturated heterocycles. The summed E-state index contributed by atoms with van der Waals surface area (Å²) in [4.78, 5) is 14.4. The van der Waals surface area contributed by atoms with E-state index in [1.807, 2.05) is 12.1 Å². The molecule has 0 unspecified atom stereocenters. The molecule has 80 valence electrons. The molecule has 16 heavy (non-hydrogen) atoms. The Balaban J connectivity index is 2.23. The van der Waals surface area contributed by atoms with Gasteiger partial charge in [-0.25, -0.2) is 4.98 Å². The van der Waals surface area contributed by atoms with Gasteiger partial charge in [-0.15, -0.1) is 4.91 Å². The Morgan fingerprint density at radius 1 is 1.25 bits per heavy atom. The first kappa shape index (κ1) is 10.6. The van der Waals surface area contributed by atoms with E-state index >= 15 is 0 Å². The van der Waals surface area contributed by atoms with E-state index in [4.69, 9.17) is 11.6 Å². The fourth-order valence-corrected chi connectivity index (χ4v) is 1.45. The monoisotopic (exact) mass is 233 g/mol. The molecule has 0 atom stereocenters. The second-order valence-electron chi connectivity index (χ2n) is 3.13. The molecule has 4 nitrogen and oxygen atoms in total. The zero-order valence-electron chi connectivity index (χ0n) is 8.22. The molecule has 0 saturated carbocycles. The predicted octanol–water partition coefficient (Wildman–Crippen LogP) is 3.88.